The van der Waals surface area contributed by atoms with Crippen LogP contribution < -0.4 is 16.0 Å². The van der Waals surface area contributed by atoms with E-state index < -0.39 is 0 Å². The van der Waals surface area contributed by atoms with E-state index in [1.165, 1.54) is 14.7 Å². The summed E-state index contributed by atoms with van der Waals surface area (Å²) in [5.41, 5.74) is 2.45. The fourth-order valence-corrected chi connectivity index (χ4v) is 2.27. The molecule has 36 heavy (non-hydrogen) atoms. The van der Waals surface area contributed by atoms with Crippen LogP contribution in [0.5, 0.6) is 0 Å². The molecule has 0 atom stereocenters. The maximum Gasteiger partial charge on any atom is 0.321 e. The Kier molecular flexibility index (Phi) is 13.2. The Bertz CT molecular complexity index is 906. The van der Waals surface area contributed by atoms with Crippen LogP contribution in [0.3, 0.4) is 0 Å². The van der Waals surface area contributed by atoms with Crippen LogP contribution in [0.15, 0.2) is 91.0 Å². The summed E-state index contributed by atoms with van der Waals surface area (Å²) >= 11 is 0. The van der Waals surface area contributed by atoms with Crippen molar-refractivity contribution in [1.29, 1.82) is 0 Å². The number of hydrogen-bond donors (Lipinski definition) is 3. The van der Waals surface area contributed by atoms with Gasteiger partial charge in [0.05, 0.1) is 0 Å². The number of para-hydroxylation sites is 3. The molecule has 0 spiro atoms. The largest absolute Gasteiger partial charge is 0.331 e. The van der Waals surface area contributed by atoms with Gasteiger partial charge in [0.25, 0.3) is 0 Å². The molecule has 0 radical (unpaired) electrons. The van der Waals surface area contributed by atoms with Crippen LogP contribution in [-0.4, -0.2) is 75.1 Å². The second-order valence-electron chi connectivity index (χ2n) is 8.07. The number of anilines is 3. The number of amides is 6. The molecule has 0 aromatic heterocycles. The van der Waals surface area contributed by atoms with E-state index in [1.54, 1.807) is 42.3 Å². The monoisotopic (exact) mass is 492 g/mol. The zero-order valence-corrected chi connectivity index (χ0v) is 21.7. The second-order valence-corrected chi connectivity index (χ2v) is 8.07. The van der Waals surface area contributed by atoms with E-state index in [2.05, 4.69) is 16.0 Å². The highest BCUT2D eigenvalue weighted by Crippen LogP contribution is 2.06. The van der Waals surface area contributed by atoms with Gasteiger partial charge in [-0.3, -0.25) is 0 Å². The number of nitrogens with one attached hydrogen (secondary N) is 3. The maximum absolute atomic E-state index is 11.1. The average molecular weight is 493 g/mol. The molecule has 192 valence electrons. The summed E-state index contributed by atoms with van der Waals surface area (Å²) in [5, 5.41) is 8.18. The number of carbonyl (C=O) groups excluding carboxylic acids is 3. The smallest absolute Gasteiger partial charge is 0.321 e. The molecule has 0 fully saturated rings. The number of urea groups is 3. The van der Waals surface area contributed by atoms with Gasteiger partial charge in [-0.2, -0.15) is 0 Å². The van der Waals surface area contributed by atoms with Crippen molar-refractivity contribution >= 4 is 35.2 Å². The Hall–Kier alpha value is -4.53. The number of carbonyl (C=O) groups is 3. The first kappa shape index (κ1) is 29.5. The normalized spacial score (nSPS) is 9.17. The Morgan fingerprint density at radius 3 is 0.778 bits per heavy atom. The van der Waals surface area contributed by atoms with Crippen LogP contribution >= 0.6 is 0 Å². The predicted octanol–water partition coefficient (Wildman–Crippen LogP) is 5.34. The van der Waals surface area contributed by atoms with E-state index in [0.29, 0.717) is 0 Å². The van der Waals surface area contributed by atoms with Gasteiger partial charge in [0.2, 0.25) is 0 Å². The molecule has 0 aliphatic heterocycles. The zero-order chi connectivity index (χ0) is 26.9. The van der Waals surface area contributed by atoms with E-state index in [-0.39, 0.29) is 18.1 Å². The van der Waals surface area contributed by atoms with E-state index in [9.17, 15) is 14.4 Å². The van der Waals surface area contributed by atoms with Gasteiger partial charge < -0.3 is 30.7 Å². The van der Waals surface area contributed by atoms with Gasteiger partial charge in [0.1, 0.15) is 0 Å². The highest BCUT2D eigenvalue weighted by molar-refractivity contribution is 5.89. The number of nitrogens with zero attached hydrogens (tertiary/aromatic N) is 3. The lowest BCUT2D eigenvalue weighted by Crippen LogP contribution is -2.27. The minimum absolute atomic E-state index is 0.110. The SMILES string of the molecule is CN(C)C(=O)Nc1ccccc1.CN(C)C(=O)Nc1ccccc1.CN(C)C(=O)Nc1ccccc1. The van der Waals surface area contributed by atoms with Crippen LogP contribution in [0.4, 0.5) is 31.4 Å². The van der Waals surface area contributed by atoms with Crippen LogP contribution in [-0.2, 0) is 0 Å². The standard InChI is InChI=1S/3C9H12N2O/c3*1-11(2)9(12)10-8-6-4-3-5-7-8/h3*3-7H,1-2H3,(H,10,12). The number of rotatable bonds is 3. The van der Waals surface area contributed by atoms with Gasteiger partial charge in [-0.15, -0.1) is 0 Å². The molecular formula is C27H36N6O3. The molecule has 0 heterocycles. The minimum Gasteiger partial charge on any atom is -0.331 e. The lowest BCUT2D eigenvalue weighted by molar-refractivity contribution is 0.230. The third-order valence-corrected chi connectivity index (χ3v) is 4.29. The Balaban J connectivity index is 0.000000270. The summed E-state index contributed by atoms with van der Waals surface area (Å²) in [4.78, 5) is 37.9. The van der Waals surface area contributed by atoms with Crippen molar-refractivity contribution in [3.05, 3.63) is 91.0 Å². The molecule has 3 aromatic rings. The van der Waals surface area contributed by atoms with Gasteiger partial charge in [-0.1, -0.05) is 54.6 Å². The van der Waals surface area contributed by atoms with E-state index in [1.807, 2.05) is 91.0 Å². The molecule has 9 heteroatoms. The predicted molar refractivity (Wildman–Crippen MR) is 147 cm³/mol. The number of hydrogen-bond acceptors (Lipinski definition) is 3. The fourth-order valence-electron chi connectivity index (χ4n) is 2.27. The van der Waals surface area contributed by atoms with Gasteiger partial charge in [-0.25, -0.2) is 14.4 Å². The van der Waals surface area contributed by atoms with Crippen molar-refractivity contribution in [1.82, 2.24) is 14.7 Å². The lowest BCUT2D eigenvalue weighted by Gasteiger charge is -2.11. The van der Waals surface area contributed by atoms with Crippen molar-refractivity contribution < 1.29 is 14.4 Å². The molecule has 0 saturated carbocycles. The fraction of sp³-hybridized carbons (Fsp3) is 0.222. The maximum atomic E-state index is 11.1. The first-order chi connectivity index (χ1) is 17.1. The third-order valence-electron chi connectivity index (χ3n) is 4.29. The second kappa shape index (κ2) is 16.2. The molecule has 3 aromatic carbocycles. The average Bonchev–Trinajstić information content (AvgIpc) is 2.86. The van der Waals surface area contributed by atoms with E-state index in [4.69, 9.17) is 0 Å². The molecular weight excluding hydrogens is 456 g/mol. The van der Waals surface area contributed by atoms with Crippen LogP contribution in [0, 0.1) is 0 Å². The summed E-state index contributed by atoms with van der Waals surface area (Å²) in [6.45, 7) is 0. The molecule has 3 rings (SSSR count). The van der Waals surface area contributed by atoms with E-state index in [0.717, 1.165) is 17.1 Å². The highest BCUT2D eigenvalue weighted by Gasteiger charge is 2.03. The Labute approximate surface area is 213 Å². The van der Waals surface area contributed by atoms with Crippen LogP contribution in [0.1, 0.15) is 0 Å². The number of benzene rings is 3. The molecule has 6 amide bonds. The molecule has 0 bridgehead atoms. The third kappa shape index (κ3) is 12.6. The first-order valence-electron chi connectivity index (χ1n) is 11.2. The zero-order valence-electron chi connectivity index (χ0n) is 21.7. The van der Waals surface area contributed by atoms with Crippen molar-refractivity contribution in [2.75, 3.05) is 58.2 Å². The Morgan fingerprint density at radius 2 is 0.611 bits per heavy atom. The molecule has 0 saturated heterocycles. The molecule has 0 aliphatic carbocycles. The molecule has 0 unspecified atom stereocenters. The summed E-state index contributed by atoms with van der Waals surface area (Å²) in [5.74, 6) is 0. The minimum atomic E-state index is -0.110. The van der Waals surface area contributed by atoms with Crippen LogP contribution in [0.25, 0.3) is 0 Å². The van der Waals surface area contributed by atoms with Gasteiger partial charge in [0.15, 0.2) is 0 Å². The summed E-state index contributed by atoms with van der Waals surface area (Å²) in [7, 11) is 10.2. The molecule has 3 N–H and O–H groups in total. The van der Waals surface area contributed by atoms with Crippen molar-refractivity contribution in [3.8, 4) is 0 Å². The van der Waals surface area contributed by atoms with E-state index >= 15 is 0 Å². The summed E-state index contributed by atoms with van der Waals surface area (Å²) in [6.07, 6.45) is 0. The molecule has 9 nitrogen and oxygen atoms in total. The quantitative estimate of drug-likeness (QED) is 0.460. The topological polar surface area (TPSA) is 97.0 Å². The first-order valence-corrected chi connectivity index (χ1v) is 11.2. The van der Waals surface area contributed by atoms with Gasteiger partial charge >= 0.3 is 18.1 Å². The van der Waals surface area contributed by atoms with Gasteiger partial charge in [0, 0.05) is 59.3 Å². The molecule has 0 aliphatic rings. The van der Waals surface area contributed by atoms with Crippen molar-refractivity contribution in [2.24, 2.45) is 0 Å². The lowest BCUT2D eigenvalue weighted by atomic mass is 10.3. The van der Waals surface area contributed by atoms with Crippen molar-refractivity contribution in [3.63, 3.8) is 0 Å². The summed E-state index contributed by atoms with van der Waals surface area (Å²) in [6, 6.07) is 27.8. The Morgan fingerprint density at radius 1 is 0.417 bits per heavy atom. The van der Waals surface area contributed by atoms with Crippen LogP contribution in [0.2, 0.25) is 0 Å². The van der Waals surface area contributed by atoms with Gasteiger partial charge in [-0.05, 0) is 36.4 Å². The highest BCUT2D eigenvalue weighted by atomic mass is 16.2. The van der Waals surface area contributed by atoms with Crippen molar-refractivity contribution in [2.45, 2.75) is 0 Å². The summed E-state index contributed by atoms with van der Waals surface area (Å²) < 4.78 is 0.